The van der Waals surface area contributed by atoms with E-state index in [1.54, 1.807) is 16.2 Å². The number of carbonyl (C=O) groups excluding carboxylic acids is 1. The number of amides is 1. The van der Waals surface area contributed by atoms with E-state index < -0.39 is 17.6 Å². The van der Waals surface area contributed by atoms with Gasteiger partial charge in [0, 0.05) is 35.7 Å². The number of aryl methyl sites for hydroxylation is 3. The molecule has 1 saturated heterocycles. The molecule has 10 nitrogen and oxygen atoms in total. The Bertz CT molecular complexity index is 1510. The van der Waals surface area contributed by atoms with Crippen molar-refractivity contribution in [3.05, 3.63) is 63.0 Å². The van der Waals surface area contributed by atoms with Gasteiger partial charge in [0.15, 0.2) is 5.82 Å². The molecule has 4 heterocycles. The standard InChI is InChI=1S/C32H41N5O5S/c1-19-20(2)43-30-27(19)28(33-25(18-26(38)39)29-35-34-21(3)37(29)30)23-11-9-22(10-12-23)8-7-17-41-24-13-15-36(16-14-24)31(40)42-32(4,5)6/h9-12,24-25H,7-8,13-18H2,1-6H3,(H,38,39)/t25-/m0/s1. The van der Waals surface area contributed by atoms with Gasteiger partial charge in [-0.25, -0.2) is 4.79 Å². The molecule has 2 aliphatic rings. The number of carbonyl (C=O) groups is 2. The van der Waals surface area contributed by atoms with E-state index in [9.17, 15) is 14.7 Å². The smallest absolute Gasteiger partial charge is 0.410 e. The monoisotopic (exact) mass is 607 g/mol. The number of thiophene rings is 1. The number of aliphatic imine (C=N–C) groups is 1. The minimum atomic E-state index is -0.926. The van der Waals surface area contributed by atoms with Gasteiger partial charge in [0.1, 0.15) is 22.5 Å². The first-order valence-corrected chi connectivity index (χ1v) is 15.7. The molecule has 1 fully saturated rings. The maximum absolute atomic E-state index is 12.3. The zero-order valence-corrected chi connectivity index (χ0v) is 26.7. The van der Waals surface area contributed by atoms with Gasteiger partial charge >= 0.3 is 12.1 Å². The van der Waals surface area contributed by atoms with Crippen LogP contribution in [0.1, 0.15) is 91.3 Å². The summed E-state index contributed by atoms with van der Waals surface area (Å²) in [6, 6.07) is 7.76. The number of carboxylic acids is 1. The number of benzene rings is 1. The lowest BCUT2D eigenvalue weighted by Gasteiger charge is -2.33. The number of piperidine rings is 1. The minimum absolute atomic E-state index is 0.160. The Morgan fingerprint density at radius 1 is 1.07 bits per heavy atom. The summed E-state index contributed by atoms with van der Waals surface area (Å²) >= 11 is 1.66. The number of hydrogen-bond acceptors (Lipinski definition) is 8. The van der Waals surface area contributed by atoms with Crippen LogP contribution in [-0.2, 0) is 20.7 Å². The molecule has 230 valence electrons. The average molecular weight is 608 g/mol. The van der Waals surface area contributed by atoms with Crippen LogP contribution in [0.2, 0.25) is 0 Å². The first-order chi connectivity index (χ1) is 20.4. The van der Waals surface area contributed by atoms with Crippen LogP contribution in [0.25, 0.3) is 5.00 Å². The van der Waals surface area contributed by atoms with Crippen molar-refractivity contribution in [2.45, 2.75) is 91.4 Å². The Morgan fingerprint density at radius 3 is 2.42 bits per heavy atom. The number of aromatic nitrogens is 3. The average Bonchev–Trinajstić information content (AvgIpc) is 3.42. The summed E-state index contributed by atoms with van der Waals surface area (Å²) in [7, 11) is 0. The summed E-state index contributed by atoms with van der Waals surface area (Å²) < 4.78 is 13.6. The first kappa shape index (κ1) is 30.9. The lowest BCUT2D eigenvalue weighted by molar-refractivity contribution is -0.137. The third-order valence-corrected chi connectivity index (χ3v) is 9.08. The fourth-order valence-corrected chi connectivity index (χ4v) is 6.79. The van der Waals surface area contributed by atoms with E-state index in [0.717, 1.165) is 58.9 Å². The van der Waals surface area contributed by atoms with Crippen molar-refractivity contribution in [1.29, 1.82) is 0 Å². The lowest BCUT2D eigenvalue weighted by Crippen LogP contribution is -2.43. The van der Waals surface area contributed by atoms with Crippen molar-refractivity contribution < 1.29 is 24.2 Å². The minimum Gasteiger partial charge on any atom is -0.481 e. The van der Waals surface area contributed by atoms with Crippen molar-refractivity contribution >= 4 is 29.1 Å². The molecule has 11 heteroatoms. The number of rotatable bonds is 8. The van der Waals surface area contributed by atoms with E-state index in [0.29, 0.717) is 25.5 Å². The SMILES string of the molecule is Cc1sc2c(c1C)C(c1ccc(CCCOC3CCN(C(=O)OC(C)(C)C)CC3)cc1)=N[C@@H](CC(=O)O)c1nnc(C)n1-2. The second-order valence-corrected chi connectivity index (χ2v) is 13.5. The van der Waals surface area contributed by atoms with Crippen LogP contribution in [0, 0.1) is 20.8 Å². The fourth-order valence-electron chi connectivity index (χ4n) is 5.58. The van der Waals surface area contributed by atoms with Gasteiger partial charge in [-0.2, -0.15) is 0 Å². The molecule has 3 aromatic rings. The van der Waals surface area contributed by atoms with Gasteiger partial charge in [0.25, 0.3) is 0 Å². The second-order valence-electron chi connectivity index (χ2n) is 12.3. The Labute approximate surface area is 256 Å². The number of fused-ring (bicyclic) bond motifs is 3. The maximum atomic E-state index is 12.3. The number of nitrogens with zero attached hydrogens (tertiary/aromatic N) is 5. The molecule has 0 spiro atoms. The second kappa shape index (κ2) is 12.6. The molecule has 0 unspecified atom stereocenters. The Balaban J connectivity index is 1.22. The molecule has 2 aromatic heterocycles. The van der Waals surface area contributed by atoms with Gasteiger partial charge in [0.2, 0.25) is 0 Å². The van der Waals surface area contributed by atoms with Crippen LogP contribution < -0.4 is 0 Å². The fraction of sp³-hybridized carbons (Fsp3) is 0.531. The Kier molecular flexibility index (Phi) is 9.03. The highest BCUT2D eigenvalue weighted by molar-refractivity contribution is 7.15. The Hall–Kier alpha value is -3.57. The highest BCUT2D eigenvalue weighted by Crippen LogP contribution is 2.39. The van der Waals surface area contributed by atoms with Crippen LogP contribution in [-0.4, -0.2) is 73.9 Å². The maximum Gasteiger partial charge on any atom is 0.410 e. The molecule has 1 N–H and O–H groups in total. The summed E-state index contributed by atoms with van der Waals surface area (Å²) in [6.45, 7) is 13.7. The molecule has 1 amide bonds. The van der Waals surface area contributed by atoms with Gasteiger partial charge in [-0.3, -0.25) is 14.4 Å². The van der Waals surface area contributed by atoms with Crippen LogP contribution in [0.15, 0.2) is 29.3 Å². The number of likely N-dealkylation sites (tertiary alicyclic amines) is 1. The van der Waals surface area contributed by atoms with E-state index in [1.165, 1.54) is 10.4 Å². The third kappa shape index (κ3) is 6.99. The number of ether oxygens (including phenoxy) is 2. The van der Waals surface area contributed by atoms with Crippen molar-refractivity contribution in [2.75, 3.05) is 19.7 Å². The number of aliphatic carboxylic acids is 1. The molecule has 0 aliphatic carbocycles. The van der Waals surface area contributed by atoms with Gasteiger partial charge in [-0.15, -0.1) is 21.5 Å². The van der Waals surface area contributed by atoms with Crippen LogP contribution >= 0.6 is 11.3 Å². The van der Waals surface area contributed by atoms with Gasteiger partial charge in [0.05, 0.1) is 18.2 Å². The summed E-state index contributed by atoms with van der Waals surface area (Å²) in [5.41, 5.74) is 4.60. The van der Waals surface area contributed by atoms with E-state index in [1.807, 2.05) is 32.3 Å². The number of hydrogen-bond donors (Lipinski definition) is 1. The Morgan fingerprint density at radius 2 is 1.77 bits per heavy atom. The summed E-state index contributed by atoms with van der Waals surface area (Å²) in [5, 5.41) is 19.2. The highest BCUT2D eigenvalue weighted by atomic mass is 32.1. The topological polar surface area (TPSA) is 119 Å². The van der Waals surface area contributed by atoms with Crippen LogP contribution in [0.4, 0.5) is 4.79 Å². The predicted molar refractivity (Wildman–Crippen MR) is 166 cm³/mol. The van der Waals surface area contributed by atoms with Crippen LogP contribution in [0.5, 0.6) is 0 Å². The molecule has 43 heavy (non-hydrogen) atoms. The van der Waals surface area contributed by atoms with Crippen molar-refractivity contribution in [3.63, 3.8) is 0 Å². The van der Waals surface area contributed by atoms with Crippen LogP contribution in [0.3, 0.4) is 0 Å². The summed E-state index contributed by atoms with van der Waals surface area (Å²) in [5.74, 6) is 0.352. The molecule has 5 rings (SSSR count). The van der Waals surface area contributed by atoms with Crippen molar-refractivity contribution in [1.82, 2.24) is 19.7 Å². The molecule has 0 radical (unpaired) electrons. The molecule has 0 saturated carbocycles. The van der Waals surface area contributed by atoms with Gasteiger partial charge in [-0.1, -0.05) is 24.3 Å². The third-order valence-electron chi connectivity index (χ3n) is 7.89. The van der Waals surface area contributed by atoms with Gasteiger partial charge in [-0.05, 0) is 78.4 Å². The van der Waals surface area contributed by atoms with E-state index >= 15 is 0 Å². The molecular formula is C32H41N5O5S. The summed E-state index contributed by atoms with van der Waals surface area (Å²) in [6.07, 6.45) is 3.16. The van der Waals surface area contributed by atoms with Crippen molar-refractivity contribution in [2.24, 2.45) is 4.99 Å². The first-order valence-electron chi connectivity index (χ1n) is 14.9. The quantitative estimate of drug-likeness (QED) is 0.313. The summed E-state index contributed by atoms with van der Waals surface area (Å²) in [4.78, 5) is 32.0. The lowest BCUT2D eigenvalue weighted by atomic mass is 9.98. The van der Waals surface area contributed by atoms with Crippen molar-refractivity contribution in [3.8, 4) is 5.00 Å². The van der Waals surface area contributed by atoms with E-state index in [-0.39, 0.29) is 18.6 Å². The number of carboxylic acid groups (broad SMARTS) is 1. The molecule has 0 bridgehead atoms. The van der Waals surface area contributed by atoms with Gasteiger partial charge < -0.3 is 19.5 Å². The zero-order valence-electron chi connectivity index (χ0n) is 25.8. The van der Waals surface area contributed by atoms with E-state index in [2.05, 4.69) is 48.3 Å². The normalized spacial score (nSPS) is 17.2. The molecule has 1 aromatic carbocycles. The zero-order chi connectivity index (χ0) is 30.9. The predicted octanol–water partition coefficient (Wildman–Crippen LogP) is 5.97. The van der Waals surface area contributed by atoms with E-state index in [4.69, 9.17) is 14.5 Å². The molecule has 1 atom stereocenters. The molecule has 2 aliphatic heterocycles. The highest BCUT2D eigenvalue weighted by Gasteiger charge is 2.32. The molecular weight excluding hydrogens is 566 g/mol. The largest absolute Gasteiger partial charge is 0.481 e.